The lowest BCUT2D eigenvalue weighted by Gasteiger charge is -1.99. The maximum atomic E-state index is 12.4. The number of aromatic amines is 1. The molecule has 5 rings (SSSR count). The van der Waals surface area contributed by atoms with Gasteiger partial charge in [0.1, 0.15) is 10.7 Å². The first-order valence-corrected chi connectivity index (χ1v) is 10.2. The van der Waals surface area contributed by atoms with Crippen LogP contribution in [0.15, 0.2) is 32.6 Å². The molecule has 1 aromatic carbocycles. The zero-order valence-electron chi connectivity index (χ0n) is 14.9. The molecule has 0 radical (unpaired) electrons. The molecule has 1 N–H and O–H groups in total. The Morgan fingerprint density at radius 1 is 1.21 bits per heavy atom. The number of nitrogens with one attached hydrogen (secondary N) is 1. The van der Waals surface area contributed by atoms with Gasteiger partial charge in [-0.25, -0.2) is 4.98 Å². The standard InChI is InChI=1S/C18H14N4O4S2/c1-8-9(2)28-17-14(8)15(23)19-13(20-17)6-27-18-22-21-16(26-18)10-3-4-11-12(5-10)25-7-24-11/h3-5H,6-7H2,1-2H3,(H,19,20,23). The number of H-pyrrole nitrogens is 1. The van der Waals surface area contributed by atoms with E-state index >= 15 is 0 Å². The van der Waals surface area contributed by atoms with Gasteiger partial charge < -0.3 is 18.9 Å². The Labute approximate surface area is 166 Å². The summed E-state index contributed by atoms with van der Waals surface area (Å²) in [4.78, 5) is 21.6. The molecule has 0 spiro atoms. The van der Waals surface area contributed by atoms with Gasteiger partial charge in [-0.2, -0.15) is 0 Å². The molecule has 142 valence electrons. The van der Waals surface area contributed by atoms with E-state index in [1.807, 2.05) is 26.0 Å². The van der Waals surface area contributed by atoms with Gasteiger partial charge in [0.15, 0.2) is 11.5 Å². The van der Waals surface area contributed by atoms with Crippen molar-refractivity contribution in [3.05, 3.63) is 44.8 Å². The number of nitrogens with zero attached hydrogens (tertiary/aromatic N) is 3. The number of benzene rings is 1. The molecule has 0 aliphatic carbocycles. The molecule has 8 nitrogen and oxygen atoms in total. The fourth-order valence-electron chi connectivity index (χ4n) is 2.91. The van der Waals surface area contributed by atoms with Crippen molar-refractivity contribution in [3.63, 3.8) is 0 Å². The van der Waals surface area contributed by atoms with E-state index in [0.29, 0.717) is 39.6 Å². The number of rotatable bonds is 4. The van der Waals surface area contributed by atoms with E-state index in [2.05, 4.69) is 20.2 Å². The minimum Gasteiger partial charge on any atom is -0.454 e. The molecule has 0 bridgehead atoms. The summed E-state index contributed by atoms with van der Waals surface area (Å²) < 4.78 is 16.4. The van der Waals surface area contributed by atoms with Gasteiger partial charge in [-0.1, -0.05) is 11.8 Å². The maximum Gasteiger partial charge on any atom is 0.277 e. The molecule has 28 heavy (non-hydrogen) atoms. The molecule has 0 amide bonds. The average Bonchev–Trinajstić information content (AvgIpc) is 3.39. The molecular weight excluding hydrogens is 400 g/mol. The highest BCUT2D eigenvalue weighted by atomic mass is 32.2. The molecule has 4 heterocycles. The minimum absolute atomic E-state index is 0.117. The number of hydrogen-bond acceptors (Lipinski definition) is 9. The monoisotopic (exact) mass is 414 g/mol. The number of aromatic nitrogens is 4. The van der Waals surface area contributed by atoms with Crippen molar-refractivity contribution in [2.45, 2.75) is 24.8 Å². The average molecular weight is 414 g/mol. The third-order valence-corrected chi connectivity index (χ3v) is 6.38. The summed E-state index contributed by atoms with van der Waals surface area (Å²) in [6.45, 7) is 4.14. The van der Waals surface area contributed by atoms with Crippen LogP contribution in [0.25, 0.3) is 21.7 Å². The highest BCUT2D eigenvalue weighted by molar-refractivity contribution is 7.98. The number of thiophene rings is 1. The van der Waals surface area contributed by atoms with Crippen LogP contribution in [0, 0.1) is 13.8 Å². The predicted molar refractivity (Wildman–Crippen MR) is 105 cm³/mol. The maximum absolute atomic E-state index is 12.4. The van der Waals surface area contributed by atoms with Crippen molar-refractivity contribution in [2.75, 3.05) is 6.79 Å². The van der Waals surface area contributed by atoms with Crippen LogP contribution in [0.2, 0.25) is 0 Å². The van der Waals surface area contributed by atoms with Crippen LogP contribution < -0.4 is 15.0 Å². The van der Waals surface area contributed by atoms with Crippen molar-refractivity contribution >= 4 is 33.3 Å². The largest absolute Gasteiger partial charge is 0.454 e. The zero-order chi connectivity index (χ0) is 19.3. The molecule has 1 aliphatic rings. The summed E-state index contributed by atoms with van der Waals surface area (Å²) in [5, 5.41) is 9.21. The lowest BCUT2D eigenvalue weighted by Crippen LogP contribution is -2.10. The zero-order valence-corrected chi connectivity index (χ0v) is 16.6. The Hall–Kier alpha value is -2.85. The predicted octanol–water partition coefficient (Wildman–Crippen LogP) is 3.67. The van der Waals surface area contributed by atoms with Gasteiger partial charge >= 0.3 is 0 Å². The van der Waals surface area contributed by atoms with E-state index in [1.54, 1.807) is 6.07 Å². The van der Waals surface area contributed by atoms with Crippen molar-refractivity contribution in [1.82, 2.24) is 20.2 Å². The van der Waals surface area contributed by atoms with Crippen LogP contribution in [-0.2, 0) is 5.75 Å². The molecule has 0 atom stereocenters. The third-order valence-electron chi connectivity index (χ3n) is 4.45. The van der Waals surface area contributed by atoms with Gasteiger partial charge in [0, 0.05) is 10.4 Å². The number of hydrogen-bond donors (Lipinski definition) is 1. The number of thioether (sulfide) groups is 1. The van der Waals surface area contributed by atoms with E-state index in [1.165, 1.54) is 23.1 Å². The van der Waals surface area contributed by atoms with Gasteiger partial charge in [-0.3, -0.25) is 4.79 Å². The molecule has 3 aromatic heterocycles. The van der Waals surface area contributed by atoms with Crippen LogP contribution in [-0.4, -0.2) is 27.0 Å². The molecule has 0 saturated carbocycles. The molecule has 0 fully saturated rings. The second kappa shape index (κ2) is 6.64. The summed E-state index contributed by atoms with van der Waals surface area (Å²) in [5.74, 6) is 2.74. The lowest BCUT2D eigenvalue weighted by molar-refractivity contribution is 0.174. The van der Waals surface area contributed by atoms with Gasteiger partial charge in [-0.15, -0.1) is 21.5 Å². The fraction of sp³-hybridized carbons (Fsp3) is 0.222. The van der Waals surface area contributed by atoms with E-state index in [9.17, 15) is 4.79 Å². The van der Waals surface area contributed by atoms with Crippen LogP contribution in [0.5, 0.6) is 11.5 Å². The second-order valence-electron chi connectivity index (χ2n) is 6.21. The molecule has 1 aliphatic heterocycles. The summed E-state index contributed by atoms with van der Waals surface area (Å²) in [7, 11) is 0. The van der Waals surface area contributed by atoms with Crippen molar-refractivity contribution in [3.8, 4) is 23.0 Å². The summed E-state index contributed by atoms with van der Waals surface area (Å²) in [6.07, 6.45) is 0. The fourth-order valence-corrected chi connectivity index (χ4v) is 4.59. The van der Waals surface area contributed by atoms with E-state index < -0.39 is 0 Å². The smallest absolute Gasteiger partial charge is 0.277 e. The number of aryl methyl sites for hydroxylation is 2. The van der Waals surface area contributed by atoms with Crippen molar-refractivity contribution < 1.29 is 13.9 Å². The Morgan fingerprint density at radius 3 is 2.96 bits per heavy atom. The first-order valence-electron chi connectivity index (χ1n) is 8.44. The topological polar surface area (TPSA) is 103 Å². The normalized spacial score (nSPS) is 12.8. The number of fused-ring (bicyclic) bond motifs is 2. The Kier molecular flexibility index (Phi) is 4.09. The van der Waals surface area contributed by atoms with Crippen molar-refractivity contribution in [2.24, 2.45) is 0 Å². The van der Waals surface area contributed by atoms with E-state index in [-0.39, 0.29) is 12.4 Å². The summed E-state index contributed by atoms with van der Waals surface area (Å²) >= 11 is 2.84. The quantitative estimate of drug-likeness (QED) is 0.505. The van der Waals surface area contributed by atoms with Gasteiger partial charge in [0.25, 0.3) is 10.8 Å². The van der Waals surface area contributed by atoms with Crippen LogP contribution >= 0.6 is 23.1 Å². The minimum atomic E-state index is -0.117. The third kappa shape index (κ3) is 2.94. The molecule has 10 heteroatoms. The van der Waals surface area contributed by atoms with Gasteiger partial charge in [0.05, 0.1) is 11.1 Å². The molecular formula is C18H14N4O4S2. The van der Waals surface area contributed by atoms with Crippen molar-refractivity contribution in [1.29, 1.82) is 0 Å². The Bertz CT molecular complexity index is 1260. The summed E-state index contributed by atoms with van der Waals surface area (Å²) in [6, 6.07) is 5.45. The molecule has 0 saturated heterocycles. The van der Waals surface area contributed by atoms with Crippen LogP contribution in [0.1, 0.15) is 16.3 Å². The summed E-state index contributed by atoms with van der Waals surface area (Å²) in [5.41, 5.74) is 1.62. The van der Waals surface area contributed by atoms with E-state index in [0.717, 1.165) is 20.8 Å². The first kappa shape index (κ1) is 17.3. The second-order valence-corrected chi connectivity index (χ2v) is 8.34. The SMILES string of the molecule is Cc1sc2nc(CSc3nnc(-c4ccc5c(c4)OCO5)o3)[nH]c(=O)c2c1C. The van der Waals surface area contributed by atoms with Crippen LogP contribution in [0.3, 0.4) is 0 Å². The first-order chi connectivity index (χ1) is 13.6. The van der Waals surface area contributed by atoms with Crippen LogP contribution in [0.4, 0.5) is 0 Å². The molecule has 4 aromatic rings. The Morgan fingerprint density at radius 2 is 2.07 bits per heavy atom. The highest BCUT2D eigenvalue weighted by Gasteiger charge is 2.17. The van der Waals surface area contributed by atoms with E-state index in [4.69, 9.17) is 13.9 Å². The van der Waals surface area contributed by atoms with Gasteiger partial charge in [-0.05, 0) is 37.6 Å². The Balaban J connectivity index is 1.35. The highest BCUT2D eigenvalue weighted by Crippen LogP contribution is 2.36. The lowest BCUT2D eigenvalue weighted by atomic mass is 10.2. The molecule has 0 unspecified atom stereocenters. The number of ether oxygens (including phenoxy) is 2. The van der Waals surface area contributed by atoms with Gasteiger partial charge in [0.2, 0.25) is 12.7 Å².